The van der Waals surface area contributed by atoms with Gasteiger partial charge < -0.3 is 15.0 Å². The highest BCUT2D eigenvalue weighted by atomic mass is 16.5. The van der Waals surface area contributed by atoms with Gasteiger partial charge in [-0.25, -0.2) is 0 Å². The van der Waals surface area contributed by atoms with E-state index in [0.717, 1.165) is 63.2 Å². The molecule has 2 aliphatic rings. The van der Waals surface area contributed by atoms with Crippen molar-refractivity contribution in [3.8, 4) is 5.75 Å². The van der Waals surface area contributed by atoms with Gasteiger partial charge in [0.15, 0.2) is 0 Å². The second-order valence-corrected chi connectivity index (χ2v) is 5.92. The number of amides is 1. The SMILES string of the molecule is CCCN(C(=O)c1ccc2c(c1)CCO2)C1CCCNC1. The molecule has 0 aliphatic carbocycles. The summed E-state index contributed by atoms with van der Waals surface area (Å²) in [5, 5.41) is 3.41. The molecule has 3 rings (SSSR count). The number of hydrogen-bond acceptors (Lipinski definition) is 3. The average molecular weight is 288 g/mol. The van der Waals surface area contributed by atoms with Gasteiger partial charge in [0.2, 0.25) is 0 Å². The van der Waals surface area contributed by atoms with E-state index >= 15 is 0 Å². The Bertz CT molecular complexity index is 510. The molecule has 21 heavy (non-hydrogen) atoms. The molecular weight excluding hydrogens is 264 g/mol. The number of carbonyl (C=O) groups excluding carboxylic acids is 1. The highest BCUT2D eigenvalue weighted by Crippen LogP contribution is 2.27. The van der Waals surface area contributed by atoms with Gasteiger partial charge in [-0.05, 0) is 49.6 Å². The quantitative estimate of drug-likeness (QED) is 0.923. The minimum atomic E-state index is 0.167. The van der Waals surface area contributed by atoms with E-state index in [9.17, 15) is 4.79 Å². The summed E-state index contributed by atoms with van der Waals surface area (Å²) in [6.07, 6.45) is 4.16. The van der Waals surface area contributed by atoms with Crippen LogP contribution in [0.15, 0.2) is 18.2 Å². The summed E-state index contributed by atoms with van der Waals surface area (Å²) < 4.78 is 5.52. The molecule has 0 bridgehead atoms. The largest absolute Gasteiger partial charge is 0.493 e. The van der Waals surface area contributed by atoms with E-state index in [-0.39, 0.29) is 5.91 Å². The number of nitrogens with zero attached hydrogens (tertiary/aromatic N) is 1. The van der Waals surface area contributed by atoms with Crippen LogP contribution in [0.3, 0.4) is 0 Å². The molecular formula is C17H24N2O2. The fourth-order valence-corrected chi connectivity index (χ4v) is 3.28. The van der Waals surface area contributed by atoms with E-state index in [1.165, 1.54) is 5.56 Å². The highest BCUT2D eigenvalue weighted by molar-refractivity contribution is 5.95. The average Bonchev–Trinajstić information content (AvgIpc) is 3.00. The Morgan fingerprint density at radius 2 is 2.38 bits per heavy atom. The Morgan fingerprint density at radius 1 is 1.48 bits per heavy atom. The zero-order chi connectivity index (χ0) is 14.7. The van der Waals surface area contributed by atoms with Crippen molar-refractivity contribution in [3.63, 3.8) is 0 Å². The van der Waals surface area contributed by atoms with Crippen molar-refractivity contribution in [2.45, 2.75) is 38.6 Å². The topological polar surface area (TPSA) is 41.6 Å². The monoisotopic (exact) mass is 288 g/mol. The smallest absolute Gasteiger partial charge is 0.254 e. The number of rotatable bonds is 4. The first-order valence-electron chi connectivity index (χ1n) is 8.07. The van der Waals surface area contributed by atoms with Gasteiger partial charge in [-0.3, -0.25) is 4.79 Å². The van der Waals surface area contributed by atoms with E-state index in [4.69, 9.17) is 4.74 Å². The first-order chi connectivity index (χ1) is 10.3. The zero-order valence-electron chi connectivity index (χ0n) is 12.7. The summed E-state index contributed by atoms with van der Waals surface area (Å²) in [7, 11) is 0. The normalized spacial score (nSPS) is 20.7. The lowest BCUT2D eigenvalue weighted by atomic mass is 10.0. The highest BCUT2D eigenvalue weighted by Gasteiger charge is 2.26. The van der Waals surface area contributed by atoms with E-state index < -0.39 is 0 Å². The van der Waals surface area contributed by atoms with E-state index in [1.54, 1.807) is 0 Å². The summed E-state index contributed by atoms with van der Waals surface area (Å²) in [5.41, 5.74) is 1.97. The van der Waals surface area contributed by atoms with Crippen LogP contribution < -0.4 is 10.1 Å². The van der Waals surface area contributed by atoms with Crippen LogP contribution >= 0.6 is 0 Å². The lowest BCUT2D eigenvalue weighted by Gasteiger charge is -2.34. The summed E-state index contributed by atoms with van der Waals surface area (Å²) in [5.74, 6) is 1.10. The summed E-state index contributed by atoms with van der Waals surface area (Å²) in [6, 6.07) is 6.20. The van der Waals surface area contributed by atoms with Crippen molar-refractivity contribution in [1.29, 1.82) is 0 Å². The number of hydrogen-bond donors (Lipinski definition) is 1. The van der Waals surface area contributed by atoms with Crippen LogP contribution in [0.5, 0.6) is 5.75 Å². The molecule has 2 heterocycles. The van der Waals surface area contributed by atoms with Crippen LogP contribution in [0.25, 0.3) is 0 Å². The van der Waals surface area contributed by atoms with Gasteiger partial charge in [0.25, 0.3) is 5.91 Å². The molecule has 1 fully saturated rings. The minimum absolute atomic E-state index is 0.167. The maximum Gasteiger partial charge on any atom is 0.254 e. The number of ether oxygens (including phenoxy) is 1. The maximum absolute atomic E-state index is 12.9. The van der Waals surface area contributed by atoms with Gasteiger partial charge in [-0.1, -0.05) is 6.92 Å². The Balaban J connectivity index is 1.79. The predicted molar refractivity (Wildman–Crippen MR) is 82.9 cm³/mol. The zero-order valence-corrected chi connectivity index (χ0v) is 12.7. The molecule has 1 unspecified atom stereocenters. The number of benzene rings is 1. The Labute approximate surface area is 126 Å². The van der Waals surface area contributed by atoms with Crippen molar-refractivity contribution in [2.75, 3.05) is 26.2 Å². The molecule has 1 amide bonds. The molecule has 0 spiro atoms. The van der Waals surface area contributed by atoms with Gasteiger partial charge in [-0.2, -0.15) is 0 Å². The van der Waals surface area contributed by atoms with Crippen LogP contribution in [0.4, 0.5) is 0 Å². The number of piperidine rings is 1. The van der Waals surface area contributed by atoms with Crippen LogP contribution in [-0.2, 0) is 6.42 Å². The fraction of sp³-hybridized carbons (Fsp3) is 0.588. The first-order valence-corrected chi connectivity index (χ1v) is 8.07. The number of nitrogens with one attached hydrogen (secondary N) is 1. The molecule has 4 heteroatoms. The van der Waals surface area contributed by atoms with Crippen molar-refractivity contribution in [2.24, 2.45) is 0 Å². The summed E-state index contributed by atoms with van der Waals surface area (Å²) >= 11 is 0. The molecule has 1 saturated heterocycles. The molecule has 1 aromatic carbocycles. The van der Waals surface area contributed by atoms with Crippen molar-refractivity contribution < 1.29 is 9.53 Å². The van der Waals surface area contributed by atoms with Crippen LogP contribution in [0.1, 0.15) is 42.1 Å². The van der Waals surface area contributed by atoms with E-state index in [1.807, 2.05) is 18.2 Å². The van der Waals surface area contributed by atoms with Crippen molar-refractivity contribution in [1.82, 2.24) is 10.2 Å². The second kappa shape index (κ2) is 6.48. The molecule has 1 N–H and O–H groups in total. The summed E-state index contributed by atoms with van der Waals surface area (Å²) in [4.78, 5) is 15.0. The van der Waals surface area contributed by atoms with Gasteiger partial charge in [-0.15, -0.1) is 0 Å². The van der Waals surface area contributed by atoms with Crippen molar-refractivity contribution >= 4 is 5.91 Å². The van der Waals surface area contributed by atoms with Gasteiger partial charge in [0.1, 0.15) is 5.75 Å². The number of fused-ring (bicyclic) bond motifs is 1. The fourth-order valence-electron chi connectivity index (χ4n) is 3.28. The van der Waals surface area contributed by atoms with Gasteiger partial charge in [0.05, 0.1) is 6.61 Å². The Hall–Kier alpha value is -1.55. The van der Waals surface area contributed by atoms with E-state index in [2.05, 4.69) is 17.1 Å². The summed E-state index contributed by atoms with van der Waals surface area (Å²) in [6.45, 7) is 5.69. The molecule has 0 aromatic heterocycles. The molecule has 0 radical (unpaired) electrons. The molecule has 2 aliphatic heterocycles. The maximum atomic E-state index is 12.9. The standard InChI is InChI=1S/C17H24N2O2/c1-2-9-19(15-4-3-8-18-12-15)17(20)14-5-6-16-13(11-14)7-10-21-16/h5-6,11,15,18H,2-4,7-10,12H2,1H3. The lowest BCUT2D eigenvalue weighted by molar-refractivity contribution is 0.0649. The van der Waals surface area contributed by atoms with Crippen LogP contribution in [0, 0.1) is 0 Å². The van der Waals surface area contributed by atoms with Crippen LogP contribution in [0.2, 0.25) is 0 Å². The van der Waals surface area contributed by atoms with Gasteiger partial charge in [0, 0.05) is 31.1 Å². The third-order valence-corrected chi connectivity index (χ3v) is 4.37. The van der Waals surface area contributed by atoms with Crippen molar-refractivity contribution in [3.05, 3.63) is 29.3 Å². The molecule has 114 valence electrons. The minimum Gasteiger partial charge on any atom is -0.493 e. The van der Waals surface area contributed by atoms with E-state index in [0.29, 0.717) is 6.04 Å². The Morgan fingerprint density at radius 3 is 3.14 bits per heavy atom. The molecule has 1 aromatic rings. The third kappa shape index (κ3) is 3.05. The second-order valence-electron chi connectivity index (χ2n) is 5.92. The number of carbonyl (C=O) groups is 1. The molecule has 4 nitrogen and oxygen atoms in total. The molecule has 0 saturated carbocycles. The predicted octanol–water partition coefficient (Wildman–Crippen LogP) is 2.23. The molecule has 1 atom stereocenters. The Kier molecular flexibility index (Phi) is 4.44. The van der Waals surface area contributed by atoms with Gasteiger partial charge >= 0.3 is 0 Å². The lowest BCUT2D eigenvalue weighted by Crippen LogP contribution is -2.49. The van der Waals surface area contributed by atoms with Crippen LogP contribution in [-0.4, -0.2) is 43.1 Å². The first kappa shape index (κ1) is 14.4. The third-order valence-electron chi connectivity index (χ3n) is 4.37.